The fraction of sp³-hybridized carbons (Fsp3) is 0.467. The van der Waals surface area contributed by atoms with Crippen molar-refractivity contribution < 1.29 is 9.84 Å². The first-order valence-electron chi connectivity index (χ1n) is 7.32. The first kappa shape index (κ1) is 14.0. The van der Waals surface area contributed by atoms with E-state index in [1.807, 2.05) is 24.4 Å². The zero-order valence-corrected chi connectivity index (χ0v) is 11.9. The van der Waals surface area contributed by atoms with Crippen LogP contribution < -0.4 is 10.1 Å². The Morgan fingerprint density at radius 1 is 1.38 bits per heavy atom. The van der Waals surface area contributed by atoms with Crippen LogP contribution in [0.4, 0.5) is 0 Å². The largest absolute Gasteiger partial charge is 0.493 e. The fourth-order valence-electron chi connectivity index (χ4n) is 2.54. The third-order valence-corrected chi connectivity index (χ3v) is 3.62. The highest BCUT2D eigenvalue weighted by Crippen LogP contribution is 2.31. The molecule has 2 N–H and O–H groups in total. The van der Waals surface area contributed by atoms with Crippen LogP contribution in [0.1, 0.15) is 30.1 Å². The lowest BCUT2D eigenvalue weighted by Crippen LogP contribution is -2.26. The Morgan fingerprint density at radius 2 is 2.29 bits per heavy atom. The molecule has 1 aromatic carbocycles. The van der Waals surface area contributed by atoms with E-state index in [0.29, 0.717) is 19.5 Å². The summed E-state index contributed by atoms with van der Waals surface area (Å²) in [5.74, 6) is 0.966. The summed E-state index contributed by atoms with van der Waals surface area (Å²) in [5, 5.41) is 20.5. The average Bonchev–Trinajstić information content (AvgIpc) is 2.99. The number of hydrogen-bond donors (Lipinski definition) is 2. The fourth-order valence-corrected chi connectivity index (χ4v) is 2.54. The standard InChI is InChI=1S/C15H20N4O2/c20-8-3-7-19-11-12(17-18-19)10-16-14-6-9-21-15-5-2-1-4-13(14)15/h1-2,4-5,11,14,16,20H,3,6-10H2. The lowest BCUT2D eigenvalue weighted by Gasteiger charge is -2.26. The number of aryl methyl sites for hydroxylation is 1. The maximum atomic E-state index is 8.82. The smallest absolute Gasteiger partial charge is 0.124 e. The van der Waals surface area contributed by atoms with Crippen LogP contribution in [0.5, 0.6) is 5.75 Å². The molecule has 6 heteroatoms. The summed E-state index contributed by atoms with van der Waals surface area (Å²) in [7, 11) is 0. The molecule has 1 unspecified atom stereocenters. The van der Waals surface area contributed by atoms with E-state index in [4.69, 9.17) is 9.84 Å². The van der Waals surface area contributed by atoms with E-state index in [2.05, 4.69) is 21.7 Å². The number of aliphatic hydroxyl groups excluding tert-OH is 1. The van der Waals surface area contributed by atoms with Crippen molar-refractivity contribution in [2.45, 2.75) is 32.0 Å². The molecule has 0 saturated heterocycles. The Balaban J connectivity index is 1.59. The molecule has 1 aliphatic heterocycles. The molecule has 21 heavy (non-hydrogen) atoms. The highest BCUT2D eigenvalue weighted by atomic mass is 16.5. The number of hydrogen-bond acceptors (Lipinski definition) is 5. The predicted molar refractivity (Wildman–Crippen MR) is 77.9 cm³/mol. The summed E-state index contributed by atoms with van der Waals surface area (Å²) in [5.41, 5.74) is 2.12. The molecule has 6 nitrogen and oxygen atoms in total. The second-order valence-electron chi connectivity index (χ2n) is 5.16. The molecule has 1 aliphatic rings. The maximum absolute atomic E-state index is 8.82. The number of benzene rings is 1. The topological polar surface area (TPSA) is 72.2 Å². The van der Waals surface area contributed by atoms with Crippen molar-refractivity contribution in [3.05, 3.63) is 41.7 Å². The molecule has 0 aliphatic carbocycles. The highest BCUT2D eigenvalue weighted by Gasteiger charge is 2.20. The molecule has 3 rings (SSSR count). The van der Waals surface area contributed by atoms with Gasteiger partial charge >= 0.3 is 0 Å². The van der Waals surface area contributed by atoms with Crippen LogP contribution in [0.2, 0.25) is 0 Å². The summed E-state index contributed by atoms with van der Waals surface area (Å²) in [6.45, 7) is 2.28. The summed E-state index contributed by atoms with van der Waals surface area (Å²) >= 11 is 0. The molecular weight excluding hydrogens is 268 g/mol. The SMILES string of the molecule is OCCCn1cc(CNC2CCOc3ccccc32)nn1. The van der Waals surface area contributed by atoms with E-state index in [0.717, 1.165) is 24.5 Å². The van der Waals surface area contributed by atoms with Crippen LogP contribution in [0.25, 0.3) is 0 Å². The average molecular weight is 288 g/mol. The van der Waals surface area contributed by atoms with Gasteiger partial charge in [0.2, 0.25) is 0 Å². The number of nitrogens with one attached hydrogen (secondary N) is 1. The molecule has 112 valence electrons. The van der Waals surface area contributed by atoms with Gasteiger partial charge in [0, 0.05) is 43.9 Å². The summed E-state index contributed by atoms with van der Waals surface area (Å²) in [6, 6.07) is 8.43. The second-order valence-corrected chi connectivity index (χ2v) is 5.16. The van der Waals surface area contributed by atoms with Gasteiger partial charge < -0.3 is 15.2 Å². The van der Waals surface area contributed by atoms with Crippen molar-refractivity contribution in [3.8, 4) is 5.75 Å². The Kier molecular flexibility index (Phi) is 4.47. The van der Waals surface area contributed by atoms with Gasteiger partial charge in [-0.1, -0.05) is 23.4 Å². The van der Waals surface area contributed by atoms with E-state index in [1.54, 1.807) is 4.68 Å². The number of nitrogens with zero attached hydrogens (tertiary/aromatic N) is 3. The van der Waals surface area contributed by atoms with Crippen LogP contribution in [0.15, 0.2) is 30.5 Å². The van der Waals surface area contributed by atoms with Crippen molar-refractivity contribution in [2.24, 2.45) is 0 Å². The van der Waals surface area contributed by atoms with Gasteiger partial charge in [0.15, 0.2) is 0 Å². The van der Waals surface area contributed by atoms with Gasteiger partial charge in [0.1, 0.15) is 5.75 Å². The molecule has 0 fully saturated rings. The van der Waals surface area contributed by atoms with Gasteiger partial charge in [0.05, 0.1) is 12.3 Å². The molecule has 1 aromatic heterocycles. The first-order chi connectivity index (χ1) is 10.4. The van der Waals surface area contributed by atoms with E-state index in [9.17, 15) is 0 Å². The number of aromatic nitrogens is 3. The quantitative estimate of drug-likeness (QED) is 0.837. The number of para-hydroxylation sites is 1. The lowest BCUT2D eigenvalue weighted by atomic mass is 10.0. The minimum atomic E-state index is 0.173. The van der Waals surface area contributed by atoms with E-state index < -0.39 is 0 Å². The third kappa shape index (κ3) is 3.40. The van der Waals surface area contributed by atoms with Gasteiger partial charge in [-0.05, 0) is 12.5 Å². The van der Waals surface area contributed by atoms with Gasteiger partial charge in [-0.15, -0.1) is 5.10 Å². The first-order valence-corrected chi connectivity index (χ1v) is 7.32. The van der Waals surface area contributed by atoms with Crippen molar-refractivity contribution in [1.29, 1.82) is 0 Å². The highest BCUT2D eigenvalue weighted by molar-refractivity contribution is 5.37. The Bertz CT molecular complexity index is 585. The van der Waals surface area contributed by atoms with Gasteiger partial charge in [0.25, 0.3) is 0 Å². The van der Waals surface area contributed by atoms with Crippen molar-refractivity contribution in [2.75, 3.05) is 13.2 Å². The van der Waals surface area contributed by atoms with Crippen LogP contribution >= 0.6 is 0 Å². The molecule has 0 bridgehead atoms. The Morgan fingerprint density at radius 3 is 3.19 bits per heavy atom. The van der Waals surface area contributed by atoms with Crippen molar-refractivity contribution in [3.63, 3.8) is 0 Å². The minimum absolute atomic E-state index is 0.173. The number of aliphatic hydroxyl groups is 1. The summed E-state index contributed by atoms with van der Waals surface area (Å²) in [4.78, 5) is 0. The molecule has 0 radical (unpaired) electrons. The van der Waals surface area contributed by atoms with Crippen LogP contribution in [0.3, 0.4) is 0 Å². The molecule has 1 atom stereocenters. The maximum Gasteiger partial charge on any atom is 0.124 e. The van der Waals surface area contributed by atoms with Crippen molar-refractivity contribution >= 4 is 0 Å². The van der Waals surface area contributed by atoms with Crippen LogP contribution in [-0.2, 0) is 13.1 Å². The van der Waals surface area contributed by atoms with Crippen molar-refractivity contribution in [1.82, 2.24) is 20.3 Å². The molecule has 0 spiro atoms. The summed E-state index contributed by atoms with van der Waals surface area (Å²) in [6.07, 6.45) is 3.58. The Hall–Kier alpha value is -1.92. The number of rotatable bonds is 6. The lowest BCUT2D eigenvalue weighted by molar-refractivity contribution is 0.252. The monoisotopic (exact) mass is 288 g/mol. The van der Waals surface area contributed by atoms with Crippen LogP contribution in [-0.4, -0.2) is 33.3 Å². The van der Waals surface area contributed by atoms with Gasteiger partial charge in [-0.3, -0.25) is 4.68 Å². The number of ether oxygens (including phenoxy) is 1. The third-order valence-electron chi connectivity index (χ3n) is 3.62. The molecule has 0 saturated carbocycles. The van der Waals surface area contributed by atoms with E-state index >= 15 is 0 Å². The normalized spacial score (nSPS) is 17.3. The Labute approximate surface area is 123 Å². The summed E-state index contributed by atoms with van der Waals surface area (Å²) < 4.78 is 7.43. The van der Waals surface area contributed by atoms with E-state index in [1.165, 1.54) is 5.56 Å². The van der Waals surface area contributed by atoms with Gasteiger partial charge in [-0.2, -0.15) is 0 Å². The van der Waals surface area contributed by atoms with E-state index in [-0.39, 0.29) is 12.6 Å². The minimum Gasteiger partial charge on any atom is -0.493 e. The van der Waals surface area contributed by atoms with Crippen LogP contribution in [0, 0.1) is 0 Å². The molecule has 0 amide bonds. The number of fused-ring (bicyclic) bond motifs is 1. The zero-order chi connectivity index (χ0) is 14.5. The second kappa shape index (κ2) is 6.69. The predicted octanol–water partition coefficient (Wildman–Crippen LogP) is 1.27. The molecule has 2 aromatic rings. The molecular formula is C15H20N4O2. The zero-order valence-electron chi connectivity index (χ0n) is 11.9. The van der Waals surface area contributed by atoms with Gasteiger partial charge in [-0.25, -0.2) is 0 Å². The molecule has 2 heterocycles.